The fourth-order valence-corrected chi connectivity index (χ4v) is 2.93. The lowest BCUT2D eigenvalue weighted by atomic mass is 9.86. The maximum atomic E-state index is 12.2. The molecule has 0 amide bonds. The van der Waals surface area contributed by atoms with Crippen molar-refractivity contribution in [3.05, 3.63) is 70.8 Å². The normalized spacial score (nSPS) is 17.4. The van der Waals surface area contributed by atoms with Gasteiger partial charge in [0.2, 0.25) is 0 Å². The van der Waals surface area contributed by atoms with Crippen LogP contribution in [0.1, 0.15) is 46.0 Å². The first-order valence-corrected chi connectivity index (χ1v) is 7.10. The van der Waals surface area contributed by atoms with Crippen molar-refractivity contribution in [1.29, 1.82) is 0 Å². The number of carbonyl (C=O) groups excluding carboxylic acids is 1. The van der Waals surface area contributed by atoms with Crippen LogP contribution in [0, 0.1) is 6.92 Å². The highest BCUT2D eigenvalue weighted by Gasteiger charge is 2.25. The van der Waals surface area contributed by atoms with Gasteiger partial charge in [-0.2, -0.15) is 0 Å². The summed E-state index contributed by atoms with van der Waals surface area (Å²) in [7, 11) is 0. The number of hydrogen-bond acceptors (Lipinski definition) is 2. The minimum absolute atomic E-state index is 0.104. The third-order valence-corrected chi connectivity index (χ3v) is 3.91. The van der Waals surface area contributed by atoms with Crippen molar-refractivity contribution in [2.45, 2.75) is 32.3 Å². The summed E-state index contributed by atoms with van der Waals surface area (Å²) < 4.78 is 5.75. The molecule has 2 aromatic rings. The summed E-state index contributed by atoms with van der Waals surface area (Å²) in [6, 6.07) is 15.5. The lowest BCUT2D eigenvalue weighted by Gasteiger charge is -2.27. The Kier molecular flexibility index (Phi) is 3.55. The predicted octanol–water partition coefficient (Wildman–Crippen LogP) is 4.23. The van der Waals surface area contributed by atoms with E-state index in [9.17, 15) is 4.79 Å². The number of hydrogen-bond donors (Lipinski definition) is 0. The van der Waals surface area contributed by atoms with Crippen molar-refractivity contribution in [3.8, 4) is 0 Å². The van der Waals surface area contributed by atoms with Gasteiger partial charge in [0, 0.05) is 0 Å². The van der Waals surface area contributed by atoms with Crippen LogP contribution in [0.5, 0.6) is 0 Å². The van der Waals surface area contributed by atoms with E-state index in [1.54, 1.807) is 12.1 Å². The van der Waals surface area contributed by atoms with Crippen LogP contribution < -0.4 is 0 Å². The van der Waals surface area contributed by atoms with Gasteiger partial charge in [0.05, 0.1) is 5.56 Å². The molecule has 1 atom stereocenters. The Labute approximate surface area is 119 Å². The first-order chi connectivity index (χ1) is 9.75. The standard InChI is InChI=1S/C18H18O2/c1-13-7-5-10-14-11-6-12-16(17(13)14)20-18(19)15-8-3-2-4-9-15/h2-5,7-10,16H,6,11-12H2,1H3. The third kappa shape index (κ3) is 2.46. The minimum Gasteiger partial charge on any atom is -0.454 e. The Morgan fingerprint density at radius 1 is 1.10 bits per heavy atom. The highest BCUT2D eigenvalue weighted by Crippen LogP contribution is 2.35. The molecule has 102 valence electrons. The lowest BCUT2D eigenvalue weighted by molar-refractivity contribution is 0.0255. The first-order valence-electron chi connectivity index (χ1n) is 7.10. The molecule has 0 saturated heterocycles. The SMILES string of the molecule is Cc1cccc2c1C(OC(=O)c1ccccc1)CCC2. The van der Waals surface area contributed by atoms with Crippen LogP contribution in [0.3, 0.4) is 0 Å². The second-order valence-corrected chi connectivity index (χ2v) is 5.30. The molecule has 0 aromatic heterocycles. The van der Waals surface area contributed by atoms with E-state index < -0.39 is 0 Å². The van der Waals surface area contributed by atoms with E-state index in [4.69, 9.17) is 4.74 Å². The molecule has 1 unspecified atom stereocenters. The van der Waals surface area contributed by atoms with Crippen molar-refractivity contribution >= 4 is 5.97 Å². The molecular weight excluding hydrogens is 248 g/mol. The molecular formula is C18H18O2. The van der Waals surface area contributed by atoms with Gasteiger partial charge in [0.1, 0.15) is 6.10 Å². The minimum atomic E-state index is -0.230. The van der Waals surface area contributed by atoms with Crippen LogP contribution in [0.25, 0.3) is 0 Å². The van der Waals surface area contributed by atoms with E-state index in [0.29, 0.717) is 5.56 Å². The van der Waals surface area contributed by atoms with Crippen molar-refractivity contribution in [3.63, 3.8) is 0 Å². The summed E-state index contributed by atoms with van der Waals surface area (Å²) >= 11 is 0. The summed E-state index contributed by atoms with van der Waals surface area (Å²) in [6.07, 6.45) is 2.96. The summed E-state index contributed by atoms with van der Waals surface area (Å²) in [4.78, 5) is 12.2. The molecule has 2 heteroatoms. The summed E-state index contributed by atoms with van der Waals surface area (Å²) in [5.74, 6) is -0.230. The van der Waals surface area contributed by atoms with Crippen molar-refractivity contribution < 1.29 is 9.53 Å². The zero-order chi connectivity index (χ0) is 13.9. The molecule has 0 radical (unpaired) electrons. The van der Waals surface area contributed by atoms with E-state index >= 15 is 0 Å². The van der Waals surface area contributed by atoms with E-state index in [-0.39, 0.29) is 12.1 Å². The molecule has 0 aliphatic heterocycles. The van der Waals surface area contributed by atoms with Crippen molar-refractivity contribution in [1.82, 2.24) is 0 Å². The largest absolute Gasteiger partial charge is 0.454 e. The maximum absolute atomic E-state index is 12.2. The van der Waals surface area contributed by atoms with Gasteiger partial charge in [-0.3, -0.25) is 0 Å². The zero-order valence-corrected chi connectivity index (χ0v) is 11.6. The average Bonchev–Trinajstić information content (AvgIpc) is 2.48. The molecule has 0 bridgehead atoms. The quantitative estimate of drug-likeness (QED) is 0.760. The van der Waals surface area contributed by atoms with Gasteiger partial charge in [-0.1, -0.05) is 36.4 Å². The van der Waals surface area contributed by atoms with Gasteiger partial charge in [0.15, 0.2) is 0 Å². The van der Waals surface area contributed by atoms with E-state index in [0.717, 1.165) is 19.3 Å². The van der Waals surface area contributed by atoms with Crippen LogP contribution >= 0.6 is 0 Å². The van der Waals surface area contributed by atoms with E-state index in [1.165, 1.54) is 16.7 Å². The molecule has 20 heavy (non-hydrogen) atoms. The monoisotopic (exact) mass is 266 g/mol. The van der Waals surface area contributed by atoms with Crippen LogP contribution in [0.15, 0.2) is 48.5 Å². The molecule has 0 spiro atoms. The Bertz CT molecular complexity index is 617. The zero-order valence-electron chi connectivity index (χ0n) is 11.6. The highest BCUT2D eigenvalue weighted by atomic mass is 16.5. The van der Waals surface area contributed by atoms with Crippen LogP contribution in [0.2, 0.25) is 0 Å². The number of ether oxygens (including phenoxy) is 1. The molecule has 1 aliphatic carbocycles. The summed E-state index contributed by atoms with van der Waals surface area (Å²) in [5.41, 5.74) is 4.37. The molecule has 0 heterocycles. The molecule has 2 nitrogen and oxygen atoms in total. The summed E-state index contributed by atoms with van der Waals surface area (Å²) in [6.45, 7) is 2.09. The second-order valence-electron chi connectivity index (χ2n) is 5.30. The van der Waals surface area contributed by atoms with Crippen LogP contribution in [0.4, 0.5) is 0 Å². The van der Waals surface area contributed by atoms with E-state index in [1.807, 2.05) is 18.2 Å². The predicted molar refractivity (Wildman–Crippen MR) is 78.7 cm³/mol. The van der Waals surface area contributed by atoms with E-state index in [2.05, 4.69) is 25.1 Å². The topological polar surface area (TPSA) is 26.3 Å². The Hall–Kier alpha value is -2.09. The molecule has 0 saturated carbocycles. The van der Waals surface area contributed by atoms with Crippen LogP contribution in [-0.2, 0) is 11.2 Å². The number of aryl methyl sites for hydroxylation is 2. The number of carbonyl (C=O) groups is 1. The fourth-order valence-electron chi connectivity index (χ4n) is 2.93. The molecule has 3 rings (SSSR count). The maximum Gasteiger partial charge on any atom is 0.338 e. The number of esters is 1. The third-order valence-electron chi connectivity index (χ3n) is 3.91. The first kappa shape index (κ1) is 12.9. The Balaban J connectivity index is 1.85. The van der Waals surface area contributed by atoms with Gasteiger partial charge in [-0.25, -0.2) is 4.79 Å². The van der Waals surface area contributed by atoms with Crippen molar-refractivity contribution in [2.24, 2.45) is 0 Å². The lowest BCUT2D eigenvalue weighted by Crippen LogP contribution is -2.18. The molecule has 0 fully saturated rings. The van der Waals surface area contributed by atoms with Crippen LogP contribution in [-0.4, -0.2) is 5.97 Å². The van der Waals surface area contributed by atoms with Gasteiger partial charge < -0.3 is 4.74 Å². The second kappa shape index (κ2) is 5.49. The van der Waals surface area contributed by atoms with Gasteiger partial charge in [0.25, 0.3) is 0 Å². The van der Waals surface area contributed by atoms with Gasteiger partial charge in [-0.15, -0.1) is 0 Å². The van der Waals surface area contributed by atoms with Crippen molar-refractivity contribution in [2.75, 3.05) is 0 Å². The number of fused-ring (bicyclic) bond motifs is 1. The fraction of sp³-hybridized carbons (Fsp3) is 0.278. The van der Waals surface area contributed by atoms with Gasteiger partial charge in [-0.05, 0) is 55.0 Å². The Morgan fingerprint density at radius 3 is 2.70 bits per heavy atom. The van der Waals surface area contributed by atoms with Gasteiger partial charge >= 0.3 is 5.97 Å². The average molecular weight is 266 g/mol. The molecule has 2 aromatic carbocycles. The molecule has 1 aliphatic rings. The Morgan fingerprint density at radius 2 is 1.90 bits per heavy atom. The molecule has 0 N–H and O–H groups in total. The summed E-state index contributed by atoms with van der Waals surface area (Å²) in [5, 5.41) is 0. The highest BCUT2D eigenvalue weighted by molar-refractivity contribution is 5.89. The number of benzene rings is 2. The number of rotatable bonds is 2. The smallest absolute Gasteiger partial charge is 0.338 e.